The third-order valence-electron chi connectivity index (χ3n) is 6.96. The summed E-state index contributed by atoms with van der Waals surface area (Å²) < 4.78 is 1.50. The van der Waals surface area contributed by atoms with Crippen LogP contribution < -0.4 is 10.9 Å². The van der Waals surface area contributed by atoms with Gasteiger partial charge in [0.1, 0.15) is 6.33 Å². The van der Waals surface area contributed by atoms with Gasteiger partial charge in [0.2, 0.25) is 0 Å². The summed E-state index contributed by atoms with van der Waals surface area (Å²) in [6.07, 6.45) is 7.94. The van der Waals surface area contributed by atoms with E-state index in [1.165, 1.54) is 43.0 Å². The molecule has 5 rings (SSSR count). The molecule has 0 aliphatic heterocycles. The van der Waals surface area contributed by atoms with Crippen LogP contribution in [-0.2, 0) is 6.54 Å². The fourth-order valence-corrected chi connectivity index (χ4v) is 4.92. The Kier molecular flexibility index (Phi) is 6.73. The largest absolute Gasteiger partial charge is 0.322 e. The molecule has 1 N–H and O–H groups in total. The number of amides is 1. The molecule has 3 aromatic carbocycles. The topological polar surface area (TPSA) is 67.2 Å². The predicted molar refractivity (Wildman–Crippen MR) is 140 cm³/mol. The molecule has 1 amide bonds. The molecule has 0 saturated heterocycles. The second-order valence-corrected chi connectivity index (χ2v) is 9.30. The smallest absolute Gasteiger partial charge is 0.265 e. The fourth-order valence-electron chi connectivity index (χ4n) is 4.92. The lowest BCUT2D eigenvalue weighted by molar-refractivity contribution is 0.102. The van der Waals surface area contributed by atoms with Crippen molar-refractivity contribution in [1.82, 2.24) is 14.5 Å². The third-order valence-corrected chi connectivity index (χ3v) is 6.96. The number of hydrogen-bond acceptors (Lipinski definition) is 4. The average Bonchev–Trinajstić information content (AvgIpc) is 2.91. The number of carbonyl (C=O) groups is 1. The molecular weight excluding hydrogens is 436 g/mol. The second-order valence-electron chi connectivity index (χ2n) is 9.30. The molecule has 1 heterocycles. The molecule has 6 nitrogen and oxygen atoms in total. The van der Waals surface area contributed by atoms with Gasteiger partial charge in [-0.1, -0.05) is 49.6 Å². The van der Waals surface area contributed by atoms with E-state index in [4.69, 9.17) is 0 Å². The van der Waals surface area contributed by atoms with Crippen molar-refractivity contribution >= 4 is 22.5 Å². The number of rotatable bonds is 6. The summed E-state index contributed by atoms with van der Waals surface area (Å²) in [7, 11) is 2.18. The number of hydrogen-bond donors (Lipinski definition) is 1. The van der Waals surface area contributed by atoms with Crippen molar-refractivity contribution in [1.29, 1.82) is 0 Å². The van der Waals surface area contributed by atoms with Crippen LogP contribution in [0.4, 0.5) is 5.69 Å². The number of nitrogens with zero attached hydrogens (tertiary/aromatic N) is 3. The Morgan fingerprint density at radius 3 is 2.49 bits per heavy atom. The van der Waals surface area contributed by atoms with E-state index < -0.39 is 0 Å². The number of benzene rings is 3. The van der Waals surface area contributed by atoms with Crippen LogP contribution in [0.25, 0.3) is 16.6 Å². The third kappa shape index (κ3) is 5.03. The molecule has 1 fully saturated rings. The molecule has 0 unspecified atom stereocenters. The van der Waals surface area contributed by atoms with Crippen LogP contribution >= 0.6 is 0 Å². The summed E-state index contributed by atoms with van der Waals surface area (Å²) >= 11 is 0. The predicted octanol–water partition coefficient (Wildman–Crippen LogP) is 5.40. The maximum Gasteiger partial charge on any atom is 0.265 e. The molecule has 0 radical (unpaired) electrons. The number of fused-ring (bicyclic) bond motifs is 1. The number of para-hydroxylation sites is 2. The standard InChI is InChI=1S/C29H30N4O2/c1-32(23-10-3-2-4-11-23)19-22-9-5-7-13-26(22)31-28(34)21-15-17-24(18-16-21)33-20-30-27-14-8-6-12-25(27)29(33)35/h5-9,12-18,20,23H,2-4,10-11,19H2,1H3,(H,31,34). The van der Waals surface area contributed by atoms with E-state index in [1.54, 1.807) is 30.3 Å². The van der Waals surface area contributed by atoms with E-state index in [0.717, 1.165) is 17.8 Å². The number of carbonyl (C=O) groups excluding carboxylic acids is 1. The fraction of sp³-hybridized carbons (Fsp3) is 0.276. The Morgan fingerprint density at radius 2 is 1.69 bits per heavy atom. The highest BCUT2D eigenvalue weighted by molar-refractivity contribution is 6.04. The summed E-state index contributed by atoms with van der Waals surface area (Å²) in [5.74, 6) is -0.173. The van der Waals surface area contributed by atoms with Gasteiger partial charge in [0, 0.05) is 23.8 Å². The first-order valence-corrected chi connectivity index (χ1v) is 12.3. The summed E-state index contributed by atoms with van der Waals surface area (Å²) in [6, 6.07) is 22.9. The zero-order valence-electron chi connectivity index (χ0n) is 20.0. The van der Waals surface area contributed by atoms with Gasteiger partial charge in [0.25, 0.3) is 11.5 Å². The van der Waals surface area contributed by atoms with Crippen LogP contribution in [0.1, 0.15) is 48.0 Å². The van der Waals surface area contributed by atoms with Crippen molar-refractivity contribution in [3.8, 4) is 5.69 Å². The number of nitrogens with one attached hydrogen (secondary N) is 1. The van der Waals surface area contributed by atoms with Gasteiger partial charge >= 0.3 is 0 Å². The molecule has 178 valence electrons. The second kappa shape index (κ2) is 10.2. The molecule has 1 aromatic heterocycles. The van der Waals surface area contributed by atoms with Crippen molar-refractivity contribution in [2.75, 3.05) is 12.4 Å². The minimum atomic E-state index is -0.173. The summed E-state index contributed by atoms with van der Waals surface area (Å²) in [5, 5.41) is 3.65. The van der Waals surface area contributed by atoms with Gasteiger partial charge in [-0.3, -0.25) is 19.1 Å². The van der Waals surface area contributed by atoms with Gasteiger partial charge in [-0.15, -0.1) is 0 Å². The van der Waals surface area contributed by atoms with Crippen LogP contribution in [0.15, 0.2) is 83.9 Å². The van der Waals surface area contributed by atoms with Gasteiger partial charge in [0.05, 0.1) is 16.6 Å². The monoisotopic (exact) mass is 466 g/mol. The van der Waals surface area contributed by atoms with E-state index in [2.05, 4.69) is 28.3 Å². The Hall–Kier alpha value is -3.77. The lowest BCUT2D eigenvalue weighted by Gasteiger charge is -2.31. The molecule has 4 aromatic rings. The molecular formula is C29H30N4O2. The molecule has 0 atom stereocenters. The molecule has 6 heteroatoms. The van der Waals surface area contributed by atoms with E-state index >= 15 is 0 Å². The minimum absolute atomic E-state index is 0.135. The first kappa shape index (κ1) is 23.0. The van der Waals surface area contributed by atoms with Gasteiger partial charge in [-0.25, -0.2) is 4.98 Å². The molecule has 1 aliphatic rings. The number of anilines is 1. The Labute approximate surface area is 205 Å². The van der Waals surface area contributed by atoms with Gasteiger partial charge in [0.15, 0.2) is 0 Å². The quantitative estimate of drug-likeness (QED) is 0.413. The van der Waals surface area contributed by atoms with Gasteiger partial charge in [-0.2, -0.15) is 0 Å². The minimum Gasteiger partial charge on any atom is -0.322 e. The first-order chi connectivity index (χ1) is 17.1. The van der Waals surface area contributed by atoms with Crippen molar-refractivity contribution in [2.45, 2.75) is 44.7 Å². The lowest BCUT2D eigenvalue weighted by Crippen LogP contribution is -2.33. The summed E-state index contributed by atoms with van der Waals surface area (Å²) in [6.45, 7) is 0.804. The summed E-state index contributed by atoms with van der Waals surface area (Å²) in [5.41, 5.74) is 3.67. The zero-order valence-corrected chi connectivity index (χ0v) is 20.0. The van der Waals surface area contributed by atoms with Crippen LogP contribution in [0.5, 0.6) is 0 Å². The maximum atomic E-state index is 13.0. The highest BCUT2D eigenvalue weighted by atomic mass is 16.1. The van der Waals surface area contributed by atoms with Gasteiger partial charge < -0.3 is 5.32 Å². The molecule has 1 aliphatic carbocycles. The van der Waals surface area contributed by atoms with Crippen molar-refractivity contribution in [3.63, 3.8) is 0 Å². The van der Waals surface area contributed by atoms with Crippen LogP contribution in [0.3, 0.4) is 0 Å². The first-order valence-electron chi connectivity index (χ1n) is 12.3. The average molecular weight is 467 g/mol. The Balaban J connectivity index is 1.31. The SMILES string of the molecule is CN(Cc1ccccc1NC(=O)c1ccc(-n2cnc3ccccc3c2=O)cc1)C1CCCCC1. The van der Waals surface area contributed by atoms with Crippen molar-refractivity contribution < 1.29 is 4.79 Å². The van der Waals surface area contributed by atoms with E-state index in [0.29, 0.717) is 28.2 Å². The molecule has 35 heavy (non-hydrogen) atoms. The molecule has 1 saturated carbocycles. The normalized spacial score (nSPS) is 14.3. The van der Waals surface area contributed by atoms with E-state index in [1.807, 2.05) is 36.4 Å². The number of aromatic nitrogens is 2. The van der Waals surface area contributed by atoms with Gasteiger partial charge in [-0.05, 0) is 67.9 Å². The highest BCUT2D eigenvalue weighted by Gasteiger charge is 2.19. The highest BCUT2D eigenvalue weighted by Crippen LogP contribution is 2.25. The maximum absolute atomic E-state index is 13.0. The molecule has 0 bridgehead atoms. The van der Waals surface area contributed by atoms with Crippen LogP contribution in [-0.4, -0.2) is 33.4 Å². The van der Waals surface area contributed by atoms with E-state index in [9.17, 15) is 9.59 Å². The zero-order chi connectivity index (χ0) is 24.2. The van der Waals surface area contributed by atoms with E-state index in [-0.39, 0.29) is 11.5 Å². The Morgan fingerprint density at radius 1 is 0.971 bits per heavy atom. The van der Waals surface area contributed by atoms with Crippen LogP contribution in [0, 0.1) is 0 Å². The van der Waals surface area contributed by atoms with Crippen molar-refractivity contribution in [2.24, 2.45) is 0 Å². The Bertz CT molecular complexity index is 1390. The lowest BCUT2D eigenvalue weighted by atomic mass is 9.94. The van der Waals surface area contributed by atoms with Crippen LogP contribution in [0.2, 0.25) is 0 Å². The molecule has 0 spiro atoms. The van der Waals surface area contributed by atoms with Crippen molar-refractivity contribution in [3.05, 3.63) is 101 Å². The summed E-state index contributed by atoms with van der Waals surface area (Å²) in [4.78, 5) is 32.7.